The quantitative estimate of drug-likeness (QED) is 0.685. The molecule has 27 heavy (non-hydrogen) atoms. The van der Waals surface area contributed by atoms with E-state index in [1.807, 2.05) is 6.92 Å². The van der Waals surface area contributed by atoms with Crippen LogP contribution < -0.4 is 9.47 Å². The molecular formula is C20H21F3O4. The van der Waals surface area contributed by atoms with Gasteiger partial charge in [-0.3, -0.25) is 4.79 Å². The summed E-state index contributed by atoms with van der Waals surface area (Å²) in [6, 6.07) is 11.6. The second-order valence-corrected chi connectivity index (χ2v) is 6.35. The second-order valence-electron chi connectivity index (χ2n) is 6.35. The lowest BCUT2D eigenvalue weighted by molar-refractivity contribution is -0.139. The van der Waals surface area contributed by atoms with Crippen molar-refractivity contribution in [3.8, 4) is 11.5 Å². The van der Waals surface area contributed by atoms with E-state index in [4.69, 9.17) is 14.6 Å². The average molecular weight is 382 g/mol. The van der Waals surface area contributed by atoms with E-state index < -0.39 is 17.7 Å². The van der Waals surface area contributed by atoms with E-state index in [2.05, 4.69) is 0 Å². The van der Waals surface area contributed by atoms with Crippen LogP contribution in [0.25, 0.3) is 0 Å². The van der Waals surface area contributed by atoms with Crippen molar-refractivity contribution >= 4 is 5.97 Å². The first-order chi connectivity index (χ1) is 12.6. The molecule has 146 valence electrons. The Morgan fingerprint density at radius 3 is 2.07 bits per heavy atom. The molecule has 0 saturated heterocycles. The maximum Gasteiger partial charge on any atom is 0.416 e. The zero-order valence-electron chi connectivity index (χ0n) is 15.0. The van der Waals surface area contributed by atoms with E-state index in [1.54, 1.807) is 31.2 Å². The first kappa shape index (κ1) is 20.6. The van der Waals surface area contributed by atoms with Gasteiger partial charge in [-0.15, -0.1) is 0 Å². The number of carboxylic acid groups (broad SMARTS) is 1. The van der Waals surface area contributed by atoms with Crippen molar-refractivity contribution < 1.29 is 32.5 Å². The van der Waals surface area contributed by atoms with Crippen LogP contribution in [0.1, 0.15) is 31.4 Å². The number of halogens is 3. The summed E-state index contributed by atoms with van der Waals surface area (Å²) in [6.45, 7) is 3.76. The number of hydrogen-bond donors (Lipinski definition) is 1. The van der Waals surface area contributed by atoms with Gasteiger partial charge in [-0.2, -0.15) is 13.2 Å². The van der Waals surface area contributed by atoms with Gasteiger partial charge in [0.15, 0.2) is 0 Å². The molecule has 0 aliphatic carbocycles. The third kappa shape index (κ3) is 6.51. The predicted octanol–water partition coefficient (Wildman–Crippen LogP) is 5.16. The van der Waals surface area contributed by atoms with Gasteiger partial charge >= 0.3 is 12.1 Å². The average Bonchev–Trinajstić information content (AvgIpc) is 2.60. The zero-order chi connectivity index (χ0) is 20.0. The van der Waals surface area contributed by atoms with Crippen LogP contribution in [0, 0.1) is 5.92 Å². The molecular weight excluding hydrogens is 361 g/mol. The number of carbonyl (C=O) groups is 1. The molecule has 0 radical (unpaired) electrons. The van der Waals surface area contributed by atoms with Crippen molar-refractivity contribution in [1.82, 2.24) is 0 Å². The van der Waals surface area contributed by atoms with Crippen LogP contribution in [0.5, 0.6) is 11.5 Å². The van der Waals surface area contributed by atoms with Crippen LogP contribution in [0.15, 0.2) is 48.5 Å². The summed E-state index contributed by atoms with van der Waals surface area (Å²) in [7, 11) is 0. The maximum atomic E-state index is 12.5. The molecule has 0 spiro atoms. The number of rotatable bonds is 8. The summed E-state index contributed by atoms with van der Waals surface area (Å²) >= 11 is 0. The molecule has 0 aliphatic heterocycles. The molecule has 1 N–H and O–H groups in total. The normalized spacial score (nSPS) is 13.7. The standard InChI is InChI=1S/C20H21F3O4/c1-13(11-19(24)25)14(2)27-18-9-7-17(8-10-18)26-12-15-3-5-16(6-4-15)20(21,22)23/h3-10,13-14H,11-12H2,1-2H3,(H,24,25). The monoisotopic (exact) mass is 382 g/mol. The third-order valence-electron chi connectivity index (χ3n) is 4.13. The minimum atomic E-state index is -4.35. The summed E-state index contributed by atoms with van der Waals surface area (Å²) in [4.78, 5) is 10.7. The van der Waals surface area contributed by atoms with Crippen LogP contribution in [-0.2, 0) is 17.6 Å². The molecule has 4 nitrogen and oxygen atoms in total. The maximum absolute atomic E-state index is 12.5. The number of ether oxygens (including phenoxy) is 2. The SMILES string of the molecule is CC(CC(=O)O)C(C)Oc1ccc(OCc2ccc(C(F)(F)F)cc2)cc1. The zero-order valence-corrected chi connectivity index (χ0v) is 15.0. The van der Waals surface area contributed by atoms with Crippen molar-refractivity contribution in [1.29, 1.82) is 0 Å². The summed E-state index contributed by atoms with van der Waals surface area (Å²) < 4.78 is 48.9. The Morgan fingerprint density at radius 2 is 1.56 bits per heavy atom. The fourth-order valence-electron chi connectivity index (χ4n) is 2.34. The summed E-state index contributed by atoms with van der Waals surface area (Å²) in [5.41, 5.74) is -0.0709. The Labute approximate surface area is 155 Å². The van der Waals surface area contributed by atoms with Crippen molar-refractivity contribution in [3.05, 3.63) is 59.7 Å². The van der Waals surface area contributed by atoms with Gasteiger partial charge in [0.1, 0.15) is 18.1 Å². The Hall–Kier alpha value is -2.70. The van der Waals surface area contributed by atoms with E-state index in [9.17, 15) is 18.0 Å². The van der Waals surface area contributed by atoms with E-state index in [0.717, 1.165) is 12.1 Å². The minimum Gasteiger partial charge on any atom is -0.490 e. The molecule has 0 heterocycles. The molecule has 0 aliphatic rings. The van der Waals surface area contributed by atoms with Gasteiger partial charge < -0.3 is 14.6 Å². The second kappa shape index (κ2) is 8.79. The molecule has 0 fully saturated rings. The molecule has 0 aromatic heterocycles. The van der Waals surface area contributed by atoms with Crippen LogP contribution in [0.3, 0.4) is 0 Å². The fraction of sp³-hybridized carbons (Fsp3) is 0.350. The Kier molecular flexibility index (Phi) is 6.71. The topological polar surface area (TPSA) is 55.8 Å². The lowest BCUT2D eigenvalue weighted by Crippen LogP contribution is -2.23. The molecule has 2 aromatic carbocycles. The summed E-state index contributed by atoms with van der Waals surface area (Å²) in [5, 5.41) is 8.82. The van der Waals surface area contributed by atoms with E-state index in [1.165, 1.54) is 12.1 Å². The number of aliphatic carboxylic acids is 1. The lowest BCUT2D eigenvalue weighted by Gasteiger charge is -2.20. The summed E-state index contributed by atoms with van der Waals surface area (Å²) in [6.07, 6.45) is -4.59. The van der Waals surface area contributed by atoms with Gasteiger partial charge in [0.05, 0.1) is 18.1 Å². The van der Waals surface area contributed by atoms with Gasteiger partial charge in [-0.25, -0.2) is 0 Å². The number of alkyl halides is 3. The van der Waals surface area contributed by atoms with Gasteiger partial charge in [0, 0.05) is 5.92 Å². The molecule has 2 rings (SSSR count). The van der Waals surface area contributed by atoms with Gasteiger partial charge in [0.2, 0.25) is 0 Å². The molecule has 2 unspecified atom stereocenters. The molecule has 0 bridgehead atoms. The molecule has 0 saturated carbocycles. The van der Waals surface area contributed by atoms with Gasteiger partial charge in [0.25, 0.3) is 0 Å². The number of hydrogen-bond acceptors (Lipinski definition) is 3. The first-order valence-corrected chi connectivity index (χ1v) is 8.42. The van der Waals surface area contributed by atoms with Crippen molar-refractivity contribution in [3.63, 3.8) is 0 Å². The smallest absolute Gasteiger partial charge is 0.416 e. The highest BCUT2D eigenvalue weighted by molar-refractivity contribution is 5.67. The lowest BCUT2D eigenvalue weighted by atomic mass is 10.0. The molecule has 2 aromatic rings. The van der Waals surface area contributed by atoms with Crippen LogP contribution in [-0.4, -0.2) is 17.2 Å². The van der Waals surface area contributed by atoms with Crippen LogP contribution in [0.4, 0.5) is 13.2 Å². The van der Waals surface area contributed by atoms with Crippen molar-refractivity contribution in [2.24, 2.45) is 5.92 Å². The molecule has 2 atom stereocenters. The largest absolute Gasteiger partial charge is 0.490 e. The molecule has 7 heteroatoms. The highest BCUT2D eigenvalue weighted by atomic mass is 19.4. The van der Waals surface area contributed by atoms with Crippen LogP contribution in [0.2, 0.25) is 0 Å². The van der Waals surface area contributed by atoms with Gasteiger partial charge in [-0.05, 0) is 48.9 Å². The first-order valence-electron chi connectivity index (χ1n) is 8.42. The van der Waals surface area contributed by atoms with Crippen LogP contribution >= 0.6 is 0 Å². The van der Waals surface area contributed by atoms with E-state index >= 15 is 0 Å². The Balaban J connectivity index is 1.87. The number of carboxylic acids is 1. The van der Waals surface area contributed by atoms with Gasteiger partial charge in [-0.1, -0.05) is 19.1 Å². The van der Waals surface area contributed by atoms with E-state index in [-0.39, 0.29) is 25.0 Å². The van der Waals surface area contributed by atoms with Crippen molar-refractivity contribution in [2.45, 2.75) is 39.2 Å². The Bertz CT molecular complexity index is 739. The Morgan fingerprint density at radius 1 is 1.00 bits per heavy atom. The third-order valence-corrected chi connectivity index (χ3v) is 4.13. The fourth-order valence-corrected chi connectivity index (χ4v) is 2.34. The van der Waals surface area contributed by atoms with Crippen molar-refractivity contribution in [2.75, 3.05) is 0 Å². The minimum absolute atomic E-state index is 0.0233. The molecule has 0 amide bonds. The highest BCUT2D eigenvalue weighted by Crippen LogP contribution is 2.29. The number of benzene rings is 2. The highest BCUT2D eigenvalue weighted by Gasteiger charge is 2.29. The summed E-state index contributed by atoms with van der Waals surface area (Å²) in [5.74, 6) is 0.123. The van der Waals surface area contributed by atoms with E-state index in [0.29, 0.717) is 17.1 Å². The predicted molar refractivity (Wildman–Crippen MR) is 93.7 cm³/mol.